The minimum absolute atomic E-state index is 1.09. The molecule has 0 nitrogen and oxygen atoms in total. The molecule has 0 heteroatoms. The zero-order valence-electron chi connectivity index (χ0n) is 7.80. The van der Waals surface area contributed by atoms with Crippen molar-refractivity contribution in [3.05, 3.63) is 53.6 Å². The van der Waals surface area contributed by atoms with Crippen molar-refractivity contribution in [1.29, 1.82) is 0 Å². The summed E-state index contributed by atoms with van der Waals surface area (Å²) in [5.74, 6) is 0. The van der Waals surface area contributed by atoms with Gasteiger partial charge in [0.15, 0.2) is 0 Å². The first-order chi connectivity index (χ1) is 6.24. The lowest BCUT2D eigenvalue weighted by Gasteiger charge is -2.08. The number of hydrogen-bond acceptors (Lipinski definition) is 0. The van der Waals surface area contributed by atoms with Crippen LogP contribution in [0, 0.1) is 6.92 Å². The molecule has 0 N–H and O–H groups in total. The molecule has 0 unspecified atom stereocenters. The van der Waals surface area contributed by atoms with Crippen LogP contribution in [0.4, 0.5) is 0 Å². The first kappa shape index (κ1) is 8.06. The van der Waals surface area contributed by atoms with E-state index in [1.54, 1.807) is 0 Å². The standard InChI is InChI=1S/C13H12/c1-4-12-9(2)5-7-11-8-6-10(3)13(11)12/h4-8H,1,3H2,2H3. The third kappa shape index (κ3) is 1.06. The molecule has 64 valence electrons. The summed E-state index contributed by atoms with van der Waals surface area (Å²) in [5.41, 5.74) is 6.07. The normalized spacial score (nSPS) is 13.2. The molecule has 0 spiro atoms. The van der Waals surface area contributed by atoms with Gasteiger partial charge in [0.25, 0.3) is 0 Å². The van der Waals surface area contributed by atoms with Crippen molar-refractivity contribution in [3.63, 3.8) is 0 Å². The number of rotatable bonds is 1. The molecule has 0 radical (unpaired) electrons. The molecular formula is C13H12. The molecule has 0 heterocycles. The van der Waals surface area contributed by atoms with Crippen LogP contribution in [0.15, 0.2) is 31.4 Å². The highest BCUT2D eigenvalue weighted by atomic mass is 14.2. The van der Waals surface area contributed by atoms with E-state index < -0.39 is 0 Å². The predicted octanol–water partition coefficient (Wildman–Crippen LogP) is 3.68. The largest absolute Gasteiger partial charge is 0.0984 e. The van der Waals surface area contributed by atoms with Gasteiger partial charge in [-0.3, -0.25) is 0 Å². The highest BCUT2D eigenvalue weighted by molar-refractivity contribution is 5.93. The second-order valence-electron chi connectivity index (χ2n) is 3.32. The second-order valence-corrected chi connectivity index (χ2v) is 3.32. The van der Waals surface area contributed by atoms with Gasteiger partial charge in [0, 0.05) is 0 Å². The molecule has 0 atom stereocenters. The maximum atomic E-state index is 4.01. The maximum absolute atomic E-state index is 4.01. The quantitative estimate of drug-likeness (QED) is 0.600. The van der Waals surface area contributed by atoms with Gasteiger partial charge in [0.05, 0.1) is 0 Å². The van der Waals surface area contributed by atoms with Gasteiger partial charge in [-0.05, 0) is 34.8 Å². The number of benzene rings is 1. The zero-order valence-corrected chi connectivity index (χ0v) is 7.80. The molecule has 1 aromatic rings. The van der Waals surface area contributed by atoms with Gasteiger partial charge in [0.2, 0.25) is 0 Å². The van der Waals surface area contributed by atoms with E-state index in [4.69, 9.17) is 0 Å². The fraction of sp³-hybridized carbons (Fsp3) is 0.0769. The van der Waals surface area contributed by atoms with E-state index >= 15 is 0 Å². The van der Waals surface area contributed by atoms with Crippen molar-refractivity contribution in [3.8, 4) is 0 Å². The Labute approximate surface area is 78.9 Å². The van der Waals surface area contributed by atoms with E-state index in [0.717, 1.165) is 5.57 Å². The van der Waals surface area contributed by atoms with Crippen LogP contribution in [-0.4, -0.2) is 0 Å². The van der Waals surface area contributed by atoms with Gasteiger partial charge in [-0.25, -0.2) is 0 Å². The number of allylic oxidation sites excluding steroid dienone is 2. The number of hydrogen-bond donors (Lipinski definition) is 0. The van der Waals surface area contributed by atoms with Crippen LogP contribution in [0.1, 0.15) is 22.3 Å². The Hall–Kier alpha value is -1.56. The van der Waals surface area contributed by atoms with Gasteiger partial charge in [-0.15, -0.1) is 0 Å². The van der Waals surface area contributed by atoms with Crippen molar-refractivity contribution in [2.45, 2.75) is 6.92 Å². The Balaban J connectivity index is 2.78. The highest BCUT2D eigenvalue weighted by Gasteiger charge is 2.12. The first-order valence-corrected chi connectivity index (χ1v) is 4.37. The summed E-state index contributed by atoms with van der Waals surface area (Å²) >= 11 is 0. The van der Waals surface area contributed by atoms with E-state index in [9.17, 15) is 0 Å². The fourth-order valence-electron chi connectivity index (χ4n) is 1.77. The van der Waals surface area contributed by atoms with Crippen molar-refractivity contribution >= 4 is 17.7 Å². The smallest absolute Gasteiger partial charge is 0.00423 e. The summed E-state index contributed by atoms with van der Waals surface area (Å²) in [6, 6.07) is 4.26. The molecule has 0 saturated heterocycles. The van der Waals surface area contributed by atoms with Crippen LogP contribution in [0.25, 0.3) is 17.7 Å². The fourth-order valence-corrected chi connectivity index (χ4v) is 1.77. The number of aryl methyl sites for hydroxylation is 1. The summed E-state index contributed by atoms with van der Waals surface area (Å²) < 4.78 is 0. The molecule has 0 saturated carbocycles. The average molecular weight is 168 g/mol. The summed E-state index contributed by atoms with van der Waals surface area (Å²) in [6.07, 6.45) is 6.06. The van der Waals surface area contributed by atoms with Crippen molar-refractivity contribution in [2.24, 2.45) is 0 Å². The molecule has 0 aliphatic heterocycles. The summed E-state index contributed by atoms with van der Waals surface area (Å²) in [5, 5.41) is 0. The second kappa shape index (κ2) is 2.74. The first-order valence-electron chi connectivity index (χ1n) is 4.37. The van der Waals surface area contributed by atoms with Crippen LogP contribution in [-0.2, 0) is 0 Å². The Morgan fingerprint density at radius 1 is 1.23 bits per heavy atom. The Kier molecular flexibility index (Phi) is 1.70. The van der Waals surface area contributed by atoms with E-state index in [1.807, 2.05) is 6.08 Å². The summed E-state index contributed by atoms with van der Waals surface area (Å²) in [7, 11) is 0. The lowest BCUT2D eigenvalue weighted by Crippen LogP contribution is -1.89. The Bertz CT molecular complexity index is 420. The van der Waals surface area contributed by atoms with E-state index in [2.05, 4.69) is 44.4 Å². The minimum atomic E-state index is 1.09. The van der Waals surface area contributed by atoms with Crippen LogP contribution in [0.5, 0.6) is 0 Å². The maximum Gasteiger partial charge on any atom is -0.00423 e. The molecule has 13 heavy (non-hydrogen) atoms. The lowest BCUT2D eigenvalue weighted by atomic mass is 9.96. The van der Waals surface area contributed by atoms with Crippen LogP contribution < -0.4 is 0 Å². The predicted molar refractivity (Wildman–Crippen MR) is 59.3 cm³/mol. The van der Waals surface area contributed by atoms with Crippen molar-refractivity contribution in [2.75, 3.05) is 0 Å². The van der Waals surface area contributed by atoms with Crippen LogP contribution in [0.2, 0.25) is 0 Å². The van der Waals surface area contributed by atoms with Crippen LogP contribution in [0.3, 0.4) is 0 Å². The molecule has 0 fully saturated rings. The van der Waals surface area contributed by atoms with E-state index in [0.29, 0.717) is 0 Å². The number of fused-ring (bicyclic) bond motifs is 1. The lowest BCUT2D eigenvalue weighted by molar-refractivity contribution is 1.42. The Morgan fingerprint density at radius 3 is 2.69 bits per heavy atom. The van der Waals surface area contributed by atoms with E-state index in [-0.39, 0.29) is 0 Å². The third-order valence-corrected chi connectivity index (χ3v) is 2.49. The highest BCUT2D eigenvalue weighted by Crippen LogP contribution is 2.33. The van der Waals surface area contributed by atoms with Gasteiger partial charge >= 0.3 is 0 Å². The van der Waals surface area contributed by atoms with Crippen LogP contribution >= 0.6 is 0 Å². The van der Waals surface area contributed by atoms with Gasteiger partial charge < -0.3 is 0 Å². The third-order valence-electron chi connectivity index (χ3n) is 2.49. The zero-order chi connectivity index (χ0) is 9.42. The molecule has 1 aliphatic rings. The molecule has 0 bridgehead atoms. The Morgan fingerprint density at radius 2 is 2.00 bits per heavy atom. The van der Waals surface area contributed by atoms with Crippen molar-refractivity contribution < 1.29 is 0 Å². The van der Waals surface area contributed by atoms with Crippen molar-refractivity contribution in [1.82, 2.24) is 0 Å². The molecule has 1 aliphatic carbocycles. The summed E-state index contributed by atoms with van der Waals surface area (Å²) in [6.45, 7) is 9.95. The average Bonchev–Trinajstić information content (AvgIpc) is 2.49. The molecule has 2 rings (SSSR count). The SMILES string of the molecule is C=Cc1c(C)ccc2c1C(=C)C=C2. The molecule has 0 aromatic heterocycles. The monoisotopic (exact) mass is 168 g/mol. The molecular weight excluding hydrogens is 156 g/mol. The van der Waals surface area contributed by atoms with Gasteiger partial charge in [0.1, 0.15) is 0 Å². The summed E-state index contributed by atoms with van der Waals surface area (Å²) in [4.78, 5) is 0. The molecule has 0 amide bonds. The minimum Gasteiger partial charge on any atom is -0.0984 e. The van der Waals surface area contributed by atoms with E-state index in [1.165, 1.54) is 22.3 Å². The van der Waals surface area contributed by atoms with Gasteiger partial charge in [-0.2, -0.15) is 0 Å². The van der Waals surface area contributed by atoms with Gasteiger partial charge in [-0.1, -0.05) is 43.5 Å². The molecule has 1 aromatic carbocycles. The topological polar surface area (TPSA) is 0 Å².